The van der Waals surface area contributed by atoms with Crippen molar-refractivity contribution in [2.45, 2.75) is 0 Å². The SMILES string of the molecule is Nc1[nH]nnc1OC(=O)c1cc(=O)[nH]c(=O)[nH]1. The van der Waals surface area contributed by atoms with Gasteiger partial charge in [-0.3, -0.25) is 9.78 Å². The predicted molar refractivity (Wildman–Crippen MR) is 53.4 cm³/mol. The summed E-state index contributed by atoms with van der Waals surface area (Å²) in [6.45, 7) is 0. The maximum atomic E-state index is 11.5. The number of nitrogens with one attached hydrogen (secondary N) is 3. The van der Waals surface area contributed by atoms with Gasteiger partial charge in [0.05, 0.1) is 0 Å². The molecule has 0 fully saturated rings. The van der Waals surface area contributed by atoms with Crippen LogP contribution in [0.15, 0.2) is 15.7 Å². The third-order valence-electron chi connectivity index (χ3n) is 1.71. The van der Waals surface area contributed by atoms with Crippen LogP contribution in [0.1, 0.15) is 10.5 Å². The lowest BCUT2D eigenvalue weighted by Crippen LogP contribution is -2.26. The zero-order valence-electron chi connectivity index (χ0n) is 8.18. The van der Waals surface area contributed by atoms with E-state index < -0.39 is 17.2 Å². The van der Waals surface area contributed by atoms with Crippen molar-refractivity contribution >= 4 is 11.8 Å². The highest BCUT2D eigenvalue weighted by atomic mass is 16.5. The molecule has 0 saturated carbocycles. The van der Waals surface area contributed by atoms with E-state index in [1.165, 1.54) is 0 Å². The van der Waals surface area contributed by atoms with E-state index >= 15 is 0 Å². The van der Waals surface area contributed by atoms with Crippen LogP contribution in [0, 0.1) is 0 Å². The molecule has 0 aliphatic heterocycles. The van der Waals surface area contributed by atoms with Crippen LogP contribution < -0.4 is 21.7 Å². The number of nitrogens with two attached hydrogens (primary N) is 1. The molecule has 0 aliphatic rings. The van der Waals surface area contributed by atoms with Gasteiger partial charge in [0.15, 0.2) is 5.82 Å². The van der Waals surface area contributed by atoms with Crippen LogP contribution >= 0.6 is 0 Å². The van der Waals surface area contributed by atoms with E-state index in [-0.39, 0.29) is 17.4 Å². The van der Waals surface area contributed by atoms with Gasteiger partial charge in [-0.1, -0.05) is 10.3 Å². The Morgan fingerprint density at radius 1 is 1.35 bits per heavy atom. The first-order valence-electron chi connectivity index (χ1n) is 4.28. The van der Waals surface area contributed by atoms with Gasteiger partial charge in [-0.25, -0.2) is 14.7 Å². The molecule has 88 valence electrons. The lowest BCUT2D eigenvalue weighted by atomic mass is 10.4. The van der Waals surface area contributed by atoms with Crippen LogP contribution in [-0.4, -0.2) is 31.3 Å². The zero-order chi connectivity index (χ0) is 12.4. The molecule has 0 saturated heterocycles. The Morgan fingerprint density at radius 2 is 2.12 bits per heavy atom. The molecule has 2 aromatic rings. The van der Waals surface area contributed by atoms with E-state index in [1.807, 2.05) is 4.98 Å². The number of nitrogens with zero attached hydrogens (tertiary/aromatic N) is 2. The zero-order valence-corrected chi connectivity index (χ0v) is 8.18. The minimum atomic E-state index is -0.978. The fourth-order valence-corrected chi connectivity index (χ4v) is 1.02. The highest BCUT2D eigenvalue weighted by Gasteiger charge is 2.14. The summed E-state index contributed by atoms with van der Waals surface area (Å²) in [5, 5.41) is 8.91. The monoisotopic (exact) mass is 238 g/mol. The molecule has 0 radical (unpaired) electrons. The number of hydrogen-bond acceptors (Lipinski definition) is 7. The van der Waals surface area contributed by atoms with Crippen molar-refractivity contribution in [1.29, 1.82) is 0 Å². The van der Waals surface area contributed by atoms with E-state index in [0.717, 1.165) is 6.07 Å². The molecule has 10 nitrogen and oxygen atoms in total. The number of carbonyl (C=O) groups is 1. The largest absolute Gasteiger partial charge is 0.397 e. The summed E-state index contributed by atoms with van der Waals surface area (Å²) in [7, 11) is 0. The van der Waals surface area contributed by atoms with Gasteiger partial charge < -0.3 is 15.5 Å². The minimum absolute atomic E-state index is 0.0504. The standard InChI is InChI=1S/C7H6N6O4/c8-4-5(12-13-11-4)17-6(15)2-1-3(14)10-7(16)9-2/h1H,(H3,8,11,12,13)(H2,9,10,14,16). The molecule has 17 heavy (non-hydrogen) atoms. The van der Waals surface area contributed by atoms with E-state index in [0.29, 0.717) is 0 Å². The Hall–Kier alpha value is -2.91. The Labute approximate surface area is 91.8 Å². The number of H-pyrrole nitrogens is 3. The summed E-state index contributed by atoms with van der Waals surface area (Å²) in [5.41, 5.74) is 3.46. The molecule has 2 rings (SSSR count). The molecule has 0 aliphatic carbocycles. The summed E-state index contributed by atoms with van der Waals surface area (Å²) >= 11 is 0. The molecule has 2 aromatic heterocycles. The number of ether oxygens (including phenoxy) is 1. The number of aromatic amines is 3. The van der Waals surface area contributed by atoms with Crippen LogP contribution in [-0.2, 0) is 0 Å². The number of esters is 1. The van der Waals surface area contributed by atoms with Crippen LogP contribution in [0.3, 0.4) is 0 Å². The van der Waals surface area contributed by atoms with Gasteiger partial charge in [-0.15, -0.1) is 0 Å². The smallest absolute Gasteiger partial charge is 0.361 e. The van der Waals surface area contributed by atoms with E-state index in [2.05, 4.69) is 25.1 Å². The normalized spacial score (nSPS) is 10.1. The van der Waals surface area contributed by atoms with Crippen molar-refractivity contribution in [2.24, 2.45) is 0 Å². The minimum Gasteiger partial charge on any atom is -0.397 e. The second-order valence-electron chi connectivity index (χ2n) is 2.92. The van der Waals surface area contributed by atoms with Crippen molar-refractivity contribution in [2.75, 3.05) is 5.73 Å². The van der Waals surface area contributed by atoms with Crippen molar-refractivity contribution in [3.05, 3.63) is 32.6 Å². The highest BCUT2D eigenvalue weighted by Crippen LogP contribution is 2.13. The molecular formula is C7H6N6O4. The maximum absolute atomic E-state index is 11.5. The summed E-state index contributed by atoms with van der Waals surface area (Å²) in [5.74, 6) is -1.27. The Bertz CT molecular complexity index is 639. The van der Waals surface area contributed by atoms with Gasteiger partial charge in [-0.05, 0) is 0 Å². The Balaban J connectivity index is 2.29. The summed E-state index contributed by atoms with van der Waals surface area (Å²) in [6.07, 6.45) is 0. The second kappa shape index (κ2) is 3.92. The fourth-order valence-electron chi connectivity index (χ4n) is 1.02. The highest BCUT2D eigenvalue weighted by molar-refractivity contribution is 5.89. The first kappa shape index (κ1) is 10.6. The van der Waals surface area contributed by atoms with Gasteiger partial charge in [0.1, 0.15) is 5.69 Å². The number of aromatic nitrogens is 5. The quantitative estimate of drug-likeness (QED) is 0.439. The molecule has 2 heterocycles. The number of nitrogen functional groups attached to an aromatic ring is 1. The van der Waals surface area contributed by atoms with Crippen molar-refractivity contribution < 1.29 is 9.53 Å². The topological polar surface area (TPSA) is 160 Å². The molecule has 0 atom stereocenters. The van der Waals surface area contributed by atoms with Crippen molar-refractivity contribution in [1.82, 2.24) is 25.4 Å². The molecule has 10 heteroatoms. The summed E-state index contributed by atoms with van der Waals surface area (Å²) in [6, 6.07) is 0.875. The molecule has 0 bridgehead atoms. The maximum Gasteiger partial charge on any atom is 0.361 e. The molecule has 5 N–H and O–H groups in total. The third-order valence-corrected chi connectivity index (χ3v) is 1.71. The molecule has 0 aromatic carbocycles. The van der Waals surface area contributed by atoms with Crippen LogP contribution in [0.5, 0.6) is 5.88 Å². The van der Waals surface area contributed by atoms with Crippen molar-refractivity contribution in [3.63, 3.8) is 0 Å². The number of rotatable bonds is 2. The average Bonchev–Trinajstić information content (AvgIpc) is 2.63. The number of carbonyl (C=O) groups excluding carboxylic acids is 1. The Morgan fingerprint density at radius 3 is 2.71 bits per heavy atom. The van der Waals surface area contributed by atoms with Gasteiger partial charge in [0.2, 0.25) is 0 Å². The molecule has 0 amide bonds. The van der Waals surface area contributed by atoms with Gasteiger partial charge in [0.25, 0.3) is 11.4 Å². The molecular weight excluding hydrogens is 232 g/mol. The first-order chi connectivity index (χ1) is 8.06. The van der Waals surface area contributed by atoms with Gasteiger partial charge in [-0.2, -0.15) is 0 Å². The van der Waals surface area contributed by atoms with Crippen LogP contribution in [0.2, 0.25) is 0 Å². The summed E-state index contributed by atoms with van der Waals surface area (Å²) < 4.78 is 4.69. The number of hydrogen-bond donors (Lipinski definition) is 4. The fraction of sp³-hybridized carbons (Fsp3) is 0. The van der Waals surface area contributed by atoms with Gasteiger partial charge >= 0.3 is 11.7 Å². The lowest BCUT2D eigenvalue weighted by Gasteiger charge is -1.99. The average molecular weight is 238 g/mol. The van der Waals surface area contributed by atoms with Crippen LogP contribution in [0.25, 0.3) is 0 Å². The number of anilines is 1. The first-order valence-corrected chi connectivity index (χ1v) is 4.28. The third kappa shape index (κ3) is 2.19. The van der Waals surface area contributed by atoms with E-state index in [4.69, 9.17) is 5.73 Å². The van der Waals surface area contributed by atoms with Crippen LogP contribution in [0.4, 0.5) is 5.82 Å². The van der Waals surface area contributed by atoms with Gasteiger partial charge in [0, 0.05) is 6.07 Å². The van der Waals surface area contributed by atoms with E-state index in [9.17, 15) is 14.4 Å². The second-order valence-corrected chi connectivity index (χ2v) is 2.92. The molecule has 0 spiro atoms. The summed E-state index contributed by atoms with van der Waals surface area (Å²) in [4.78, 5) is 37.3. The van der Waals surface area contributed by atoms with E-state index in [1.54, 1.807) is 0 Å². The van der Waals surface area contributed by atoms with Crippen molar-refractivity contribution in [3.8, 4) is 5.88 Å². The predicted octanol–water partition coefficient (Wildman–Crippen LogP) is -2.02. The Kier molecular flexibility index (Phi) is 2.45. The lowest BCUT2D eigenvalue weighted by molar-refractivity contribution is 0.0721. The molecule has 0 unspecified atom stereocenters.